The molecule has 0 aromatic heterocycles. The Kier molecular flexibility index (Phi) is 13.4. The molecular weight excluding hydrogens is 748 g/mol. The number of esters is 1. The van der Waals surface area contributed by atoms with Gasteiger partial charge in [-0.05, 0) is 38.7 Å². The number of ether oxygens (including phenoxy) is 4. The zero-order valence-corrected chi connectivity index (χ0v) is 35.2. The molecule has 2 aromatic carbocycles. The Labute approximate surface area is 340 Å². The molecule has 9 atom stereocenters. The molecule has 0 saturated carbocycles. The summed E-state index contributed by atoms with van der Waals surface area (Å²) in [5.41, 5.74) is 0.149. The van der Waals surface area contributed by atoms with Gasteiger partial charge in [-0.15, -0.1) is 0 Å². The molecule has 1 saturated heterocycles. The number of carbonyl (C=O) groups is 3. The van der Waals surface area contributed by atoms with Gasteiger partial charge in [-0.2, -0.15) is 0 Å². The number of rotatable bonds is 4. The molecule has 4 aliphatic heterocycles. The van der Waals surface area contributed by atoms with E-state index in [2.05, 4.69) is 12.2 Å². The van der Waals surface area contributed by atoms with Crippen molar-refractivity contribution in [2.45, 2.75) is 112 Å². The largest absolute Gasteiger partial charge is 0.507 e. The van der Waals surface area contributed by atoms with Crippen molar-refractivity contribution in [3.8, 4) is 23.0 Å². The number of allylic oxidation sites excluding steroid dienone is 2. The lowest BCUT2D eigenvalue weighted by Crippen LogP contribution is -2.46. The fourth-order valence-electron chi connectivity index (χ4n) is 8.58. The summed E-state index contributed by atoms with van der Waals surface area (Å²) in [6.07, 6.45) is 6.29. The number of nitrogens with one attached hydrogen (secondary N) is 1. The van der Waals surface area contributed by atoms with Crippen LogP contribution in [0.15, 0.2) is 36.1 Å². The van der Waals surface area contributed by atoms with Crippen molar-refractivity contribution in [3.05, 3.63) is 47.3 Å². The summed E-state index contributed by atoms with van der Waals surface area (Å²) in [7, 11) is 1.45. The van der Waals surface area contributed by atoms with Gasteiger partial charge in [0.05, 0.1) is 35.5 Å². The number of ketones is 1. The number of fused-ring (bicyclic) bond motifs is 14. The molecule has 1 fully saturated rings. The molecule has 0 aliphatic carbocycles. The van der Waals surface area contributed by atoms with E-state index in [1.165, 1.54) is 46.3 Å². The first-order chi connectivity index (χ1) is 27.3. The van der Waals surface area contributed by atoms with Gasteiger partial charge in [0.1, 0.15) is 34.7 Å². The van der Waals surface area contributed by atoms with Crippen LogP contribution in [0.25, 0.3) is 10.8 Å². The number of Topliss-reactive ketones (excluding diaryl/α,β-unsaturated/α-hetero) is 1. The molecule has 58 heavy (non-hydrogen) atoms. The van der Waals surface area contributed by atoms with Gasteiger partial charge in [-0.3, -0.25) is 14.4 Å². The van der Waals surface area contributed by atoms with E-state index in [-0.39, 0.29) is 44.6 Å². The number of hydrogen-bond acceptors (Lipinski definition) is 13. The summed E-state index contributed by atoms with van der Waals surface area (Å²) in [5.74, 6) is -7.39. The Morgan fingerprint density at radius 3 is 2.21 bits per heavy atom. The van der Waals surface area contributed by atoms with Crippen LogP contribution >= 0.6 is 0 Å². The van der Waals surface area contributed by atoms with Crippen LogP contribution in [-0.2, 0) is 23.8 Å². The molecule has 2 aromatic rings. The predicted octanol–water partition coefficient (Wildman–Crippen LogP) is 6.38. The summed E-state index contributed by atoms with van der Waals surface area (Å²) in [4.78, 5) is 42.5. The van der Waals surface area contributed by atoms with Gasteiger partial charge in [0.25, 0.3) is 11.7 Å². The van der Waals surface area contributed by atoms with Crippen LogP contribution in [0, 0.1) is 36.5 Å². The predicted molar refractivity (Wildman–Crippen MR) is 219 cm³/mol. The summed E-state index contributed by atoms with van der Waals surface area (Å²) in [6, 6.07) is 0. The third kappa shape index (κ3) is 8.23. The molecule has 14 heteroatoms. The minimum absolute atomic E-state index is 0.0518. The number of anilines is 2. The summed E-state index contributed by atoms with van der Waals surface area (Å²) in [6.45, 7) is 15.8. The lowest BCUT2D eigenvalue weighted by Gasteiger charge is -2.38. The molecule has 6 N–H and O–H groups in total. The molecule has 14 nitrogen and oxygen atoms in total. The van der Waals surface area contributed by atoms with Crippen molar-refractivity contribution in [1.29, 1.82) is 0 Å². The first kappa shape index (κ1) is 44.3. The van der Waals surface area contributed by atoms with Crippen LogP contribution in [0.2, 0.25) is 0 Å². The molecule has 0 radical (unpaired) electrons. The first-order valence-electron chi connectivity index (χ1n) is 20.1. The highest BCUT2D eigenvalue weighted by atomic mass is 16.7. The third-order valence-corrected chi connectivity index (χ3v) is 12.5. The zero-order valence-electron chi connectivity index (χ0n) is 35.2. The van der Waals surface area contributed by atoms with Gasteiger partial charge in [0, 0.05) is 74.2 Å². The van der Waals surface area contributed by atoms with Crippen molar-refractivity contribution < 1.29 is 58.9 Å². The Bertz CT molecular complexity index is 2000. The Hall–Kier alpha value is -4.79. The molecule has 1 amide bonds. The number of nitrogens with zero attached hydrogens (tertiary/aromatic N) is 1. The second kappa shape index (κ2) is 17.6. The Morgan fingerprint density at radius 2 is 1.60 bits per heavy atom. The molecule has 6 rings (SSSR count). The molecule has 0 unspecified atom stereocenters. The summed E-state index contributed by atoms with van der Waals surface area (Å²) in [5, 5.41) is 61.1. The van der Waals surface area contributed by atoms with Gasteiger partial charge < -0.3 is 54.7 Å². The highest BCUT2D eigenvalue weighted by Gasteiger charge is 2.50. The molecular formula is C44H60N2O12. The molecule has 318 valence electrons. The molecule has 5 bridgehead atoms. The Balaban J connectivity index is 1.71. The lowest BCUT2D eigenvalue weighted by atomic mass is 9.78. The summed E-state index contributed by atoms with van der Waals surface area (Å²) >= 11 is 0. The van der Waals surface area contributed by atoms with Crippen molar-refractivity contribution >= 4 is 39.8 Å². The van der Waals surface area contributed by atoms with E-state index in [0.29, 0.717) is 19.0 Å². The average Bonchev–Trinajstić information content (AvgIpc) is 3.46. The second-order valence-corrected chi connectivity index (χ2v) is 16.4. The minimum Gasteiger partial charge on any atom is -0.507 e. The van der Waals surface area contributed by atoms with Crippen molar-refractivity contribution in [2.24, 2.45) is 29.6 Å². The first-order valence-corrected chi connectivity index (χ1v) is 20.1. The van der Waals surface area contributed by atoms with E-state index >= 15 is 0 Å². The molecule has 0 spiro atoms. The number of amides is 1. The maximum atomic E-state index is 14.5. The number of aromatic hydroxyl groups is 3. The maximum absolute atomic E-state index is 14.5. The topological polar surface area (TPSA) is 205 Å². The average molecular weight is 809 g/mol. The number of aliphatic hydroxyl groups excluding tert-OH is 2. The Morgan fingerprint density at radius 1 is 0.948 bits per heavy atom. The number of phenols is 3. The van der Waals surface area contributed by atoms with Gasteiger partial charge in [0.2, 0.25) is 0 Å². The molecule has 4 aliphatic rings. The van der Waals surface area contributed by atoms with Gasteiger partial charge >= 0.3 is 11.8 Å². The van der Waals surface area contributed by atoms with Gasteiger partial charge in [0.15, 0.2) is 5.75 Å². The number of aliphatic hydroxyl groups is 2. The van der Waals surface area contributed by atoms with Gasteiger partial charge in [-0.25, -0.2) is 0 Å². The van der Waals surface area contributed by atoms with Crippen LogP contribution in [-0.4, -0.2) is 93.6 Å². The smallest absolute Gasteiger partial charge is 0.312 e. The fraction of sp³-hybridized carbons (Fsp3) is 0.568. The van der Waals surface area contributed by atoms with Crippen LogP contribution < -0.4 is 15.0 Å². The number of benzene rings is 2. The van der Waals surface area contributed by atoms with Crippen molar-refractivity contribution in [1.82, 2.24) is 0 Å². The quantitative estimate of drug-likeness (QED) is 0.113. The summed E-state index contributed by atoms with van der Waals surface area (Å²) < 4.78 is 23.7. The molecule has 4 heterocycles. The van der Waals surface area contributed by atoms with E-state index in [1.54, 1.807) is 46.8 Å². The van der Waals surface area contributed by atoms with E-state index in [0.717, 1.165) is 19.3 Å². The zero-order chi connectivity index (χ0) is 43.0. The SMILES string of the molecule is CCC1CCN(c2c3c(O)c4c(O)c(C)c5c(c4c2O)C(=O)[C@@](C)(O/C=C\[C@H](OC)[C@@H](C)[C@@H](OC(C)=O)[C@H](C)[C@H](O)[C@H](C)[C@@H](O)[C@@H](C)/C=C\C=C(\C)C(=O)N3)O5)CC1. The highest BCUT2D eigenvalue weighted by molar-refractivity contribution is 6.23. The van der Waals surface area contributed by atoms with E-state index in [1.807, 2.05) is 4.90 Å². The second-order valence-electron chi connectivity index (χ2n) is 16.4. The fourth-order valence-corrected chi connectivity index (χ4v) is 8.58. The van der Waals surface area contributed by atoms with Crippen LogP contribution in [0.5, 0.6) is 23.0 Å². The van der Waals surface area contributed by atoms with Crippen LogP contribution in [0.4, 0.5) is 11.4 Å². The van der Waals surface area contributed by atoms with E-state index < -0.39 is 88.8 Å². The van der Waals surface area contributed by atoms with Crippen LogP contribution in [0.1, 0.15) is 90.6 Å². The van der Waals surface area contributed by atoms with Crippen molar-refractivity contribution in [3.63, 3.8) is 0 Å². The number of carbonyl (C=O) groups excluding carboxylic acids is 3. The van der Waals surface area contributed by atoms with Crippen LogP contribution in [0.3, 0.4) is 0 Å². The highest BCUT2D eigenvalue weighted by Crippen LogP contribution is 2.58. The monoisotopic (exact) mass is 808 g/mol. The minimum atomic E-state index is -2.01. The normalized spacial score (nSPS) is 32.3. The van der Waals surface area contributed by atoms with Crippen molar-refractivity contribution in [2.75, 3.05) is 30.4 Å². The number of piperidine rings is 1. The van der Waals surface area contributed by atoms with Gasteiger partial charge in [-0.1, -0.05) is 59.3 Å². The standard InChI is InChI=1S/C44H60N2O12/c1-11-28-15-18-46(19-16-28)34-33-38(51)31-30(39(34)52)32-41(26(7)37(31)50)58-44(9,42(32)53)56-20-17-29(55-10)23(4)40(57-27(8)47)25(6)36(49)24(5)35(48)21(2)13-12-14-22(3)43(54)45-33/h12-14,17,20-21,23-25,28-29,35-36,40,48-52H,11,15-16,18-19H2,1-10H3,(H,45,54)/b13-12-,20-17-,22-14-/t21-,23+,24+,25+,29-,35-,36+,40+,44-/m0/s1. The van der Waals surface area contributed by atoms with E-state index in [9.17, 15) is 39.9 Å². The lowest BCUT2D eigenvalue weighted by molar-refractivity contribution is -0.160. The number of hydrogen-bond donors (Lipinski definition) is 6. The number of methoxy groups -OCH3 is 1. The maximum Gasteiger partial charge on any atom is 0.312 e. The number of phenolic OH excluding ortho intramolecular Hbond substituents is 3. The van der Waals surface area contributed by atoms with E-state index in [4.69, 9.17) is 18.9 Å². The third-order valence-electron chi connectivity index (χ3n) is 12.5.